The molecule has 0 saturated carbocycles. The predicted octanol–water partition coefficient (Wildman–Crippen LogP) is 2.95. The fraction of sp³-hybridized carbons (Fsp3) is 0.357. The summed E-state index contributed by atoms with van der Waals surface area (Å²) >= 11 is 0. The molecule has 0 bridgehead atoms. The molecule has 1 N–H and O–H groups in total. The Morgan fingerprint density at radius 3 is 2.71 bits per heavy atom. The van der Waals surface area contributed by atoms with Gasteiger partial charge in [-0.3, -0.25) is 4.79 Å². The molecule has 3 rings (SSSR count). The standard InChI is InChI=1S/C14H12F4N2O/c15-12(16)14(17,18)13(21)20-6-5-11-9(7-20)8-3-1-2-4-10(8)19-11/h1-4,12,19H,5-7H2. The highest BCUT2D eigenvalue weighted by atomic mass is 19.3. The Morgan fingerprint density at radius 1 is 1.29 bits per heavy atom. The van der Waals surface area contributed by atoms with Crippen molar-refractivity contribution in [1.82, 2.24) is 9.88 Å². The monoisotopic (exact) mass is 300 g/mol. The lowest BCUT2D eigenvalue weighted by atomic mass is 10.0. The lowest BCUT2D eigenvalue weighted by molar-refractivity contribution is -0.181. The summed E-state index contributed by atoms with van der Waals surface area (Å²) in [6, 6.07) is 7.28. The predicted molar refractivity (Wildman–Crippen MR) is 68.4 cm³/mol. The third kappa shape index (κ3) is 2.16. The maximum atomic E-state index is 13.2. The van der Waals surface area contributed by atoms with Crippen LogP contribution in [0.5, 0.6) is 0 Å². The summed E-state index contributed by atoms with van der Waals surface area (Å²) in [5.74, 6) is -6.45. The van der Waals surface area contributed by atoms with Gasteiger partial charge in [0.1, 0.15) is 0 Å². The molecule has 21 heavy (non-hydrogen) atoms. The number of H-pyrrole nitrogens is 1. The molecule has 1 aromatic carbocycles. The molecular weight excluding hydrogens is 288 g/mol. The van der Waals surface area contributed by atoms with Crippen LogP contribution in [0.25, 0.3) is 10.9 Å². The van der Waals surface area contributed by atoms with Gasteiger partial charge in [-0.25, -0.2) is 8.78 Å². The number of para-hydroxylation sites is 1. The number of carbonyl (C=O) groups excluding carboxylic acids is 1. The second-order valence-electron chi connectivity index (χ2n) is 5.03. The Hall–Kier alpha value is -2.05. The number of fused-ring (bicyclic) bond motifs is 3. The van der Waals surface area contributed by atoms with E-state index >= 15 is 0 Å². The van der Waals surface area contributed by atoms with Crippen LogP contribution in [-0.2, 0) is 17.8 Å². The van der Waals surface area contributed by atoms with E-state index in [2.05, 4.69) is 4.98 Å². The molecule has 7 heteroatoms. The molecule has 0 spiro atoms. The number of amides is 1. The summed E-state index contributed by atoms with van der Waals surface area (Å²) in [4.78, 5) is 15.6. The van der Waals surface area contributed by atoms with Crippen molar-refractivity contribution in [2.45, 2.75) is 25.3 Å². The van der Waals surface area contributed by atoms with E-state index in [1.807, 2.05) is 18.2 Å². The van der Waals surface area contributed by atoms with Gasteiger partial charge in [-0.05, 0) is 6.07 Å². The van der Waals surface area contributed by atoms with Crippen LogP contribution >= 0.6 is 0 Å². The maximum Gasteiger partial charge on any atom is 0.383 e. The van der Waals surface area contributed by atoms with Crippen LogP contribution in [0.3, 0.4) is 0 Å². The molecule has 3 nitrogen and oxygen atoms in total. The molecule has 1 aliphatic heterocycles. The van der Waals surface area contributed by atoms with E-state index in [0.29, 0.717) is 6.42 Å². The molecule has 0 unspecified atom stereocenters. The van der Waals surface area contributed by atoms with E-state index in [4.69, 9.17) is 0 Å². The molecule has 112 valence electrons. The molecule has 0 saturated heterocycles. The second kappa shape index (κ2) is 4.75. The summed E-state index contributed by atoms with van der Waals surface area (Å²) in [6.45, 7) is -0.0819. The molecule has 0 atom stereocenters. The van der Waals surface area contributed by atoms with Crippen LogP contribution in [0, 0.1) is 0 Å². The summed E-state index contributed by atoms with van der Waals surface area (Å²) < 4.78 is 51.0. The van der Waals surface area contributed by atoms with Crippen LogP contribution < -0.4 is 0 Å². The largest absolute Gasteiger partial charge is 0.383 e. The summed E-state index contributed by atoms with van der Waals surface area (Å²) in [6.07, 6.45) is -3.65. The van der Waals surface area contributed by atoms with Gasteiger partial charge in [-0.1, -0.05) is 18.2 Å². The first kappa shape index (κ1) is 13.9. The number of carbonyl (C=O) groups is 1. The normalized spacial score (nSPS) is 15.6. The third-order valence-electron chi connectivity index (χ3n) is 3.73. The van der Waals surface area contributed by atoms with Gasteiger partial charge >= 0.3 is 12.3 Å². The maximum absolute atomic E-state index is 13.2. The van der Waals surface area contributed by atoms with Crippen molar-refractivity contribution in [2.75, 3.05) is 6.54 Å². The van der Waals surface area contributed by atoms with E-state index in [1.165, 1.54) is 0 Å². The van der Waals surface area contributed by atoms with Gasteiger partial charge in [0.2, 0.25) is 0 Å². The van der Waals surface area contributed by atoms with Crippen molar-refractivity contribution in [3.05, 3.63) is 35.5 Å². The number of benzene rings is 1. The van der Waals surface area contributed by atoms with Gasteiger partial charge in [-0.15, -0.1) is 0 Å². The quantitative estimate of drug-likeness (QED) is 0.851. The number of rotatable bonds is 2. The second-order valence-corrected chi connectivity index (χ2v) is 5.03. The van der Waals surface area contributed by atoms with Gasteiger partial charge in [0.15, 0.2) is 0 Å². The number of aromatic nitrogens is 1. The Bertz CT molecular complexity index is 695. The zero-order chi connectivity index (χ0) is 15.2. The zero-order valence-corrected chi connectivity index (χ0v) is 10.9. The molecule has 1 aliphatic rings. The molecule has 0 radical (unpaired) electrons. The fourth-order valence-corrected chi connectivity index (χ4v) is 2.64. The number of hydrogen-bond acceptors (Lipinski definition) is 1. The Morgan fingerprint density at radius 2 is 2.00 bits per heavy atom. The minimum Gasteiger partial charge on any atom is -0.358 e. The zero-order valence-electron chi connectivity index (χ0n) is 10.9. The minimum absolute atomic E-state index is 0.000958. The van der Waals surface area contributed by atoms with Crippen LogP contribution in [0.15, 0.2) is 24.3 Å². The van der Waals surface area contributed by atoms with Gasteiger partial charge < -0.3 is 9.88 Å². The average molecular weight is 300 g/mol. The molecule has 2 aromatic rings. The first-order valence-corrected chi connectivity index (χ1v) is 6.45. The molecule has 2 heterocycles. The fourth-order valence-electron chi connectivity index (χ4n) is 2.64. The number of halogens is 4. The van der Waals surface area contributed by atoms with Crippen molar-refractivity contribution in [3.63, 3.8) is 0 Å². The Balaban J connectivity index is 1.92. The lowest BCUT2D eigenvalue weighted by Gasteiger charge is -2.30. The highest BCUT2D eigenvalue weighted by Gasteiger charge is 2.51. The molecular formula is C14H12F4N2O. The van der Waals surface area contributed by atoms with Crippen molar-refractivity contribution >= 4 is 16.8 Å². The first-order valence-electron chi connectivity index (χ1n) is 6.45. The highest BCUT2D eigenvalue weighted by Crippen LogP contribution is 2.31. The van der Waals surface area contributed by atoms with E-state index in [-0.39, 0.29) is 13.1 Å². The van der Waals surface area contributed by atoms with Crippen LogP contribution in [0.4, 0.5) is 17.6 Å². The lowest BCUT2D eigenvalue weighted by Crippen LogP contribution is -2.49. The van der Waals surface area contributed by atoms with E-state index in [9.17, 15) is 22.4 Å². The number of hydrogen-bond donors (Lipinski definition) is 1. The molecule has 0 aliphatic carbocycles. The highest BCUT2D eigenvalue weighted by molar-refractivity contribution is 5.87. The topological polar surface area (TPSA) is 36.1 Å². The molecule has 1 aromatic heterocycles. The van der Waals surface area contributed by atoms with E-state index in [1.54, 1.807) is 6.07 Å². The van der Waals surface area contributed by atoms with Gasteiger partial charge in [-0.2, -0.15) is 8.78 Å². The van der Waals surface area contributed by atoms with Gasteiger partial charge in [0.05, 0.1) is 0 Å². The van der Waals surface area contributed by atoms with Crippen LogP contribution in [-0.4, -0.2) is 34.7 Å². The number of aromatic amines is 1. The number of nitrogens with one attached hydrogen (secondary N) is 1. The molecule has 0 fully saturated rings. The summed E-state index contributed by atoms with van der Waals surface area (Å²) in [5.41, 5.74) is 2.42. The van der Waals surface area contributed by atoms with Crippen molar-refractivity contribution in [1.29, 1.82) is 0 Å². The Labute approximate surface area is 117 Å². The van der Waals surface area contributed by atoms with Crippen molar-refractivity contribution in [3.8, 4) is 0 Å². The van der Waals surface area contributed by atoms with Crippen LogP contribution in [0.2, 0.25) is 0 Å². The number of alkyl halides is 4. The van der Waals surface area contributed by atoms with E-state index in [0.717, 1.165) is 27.1 Å². The Kier molecular flexibility index (Phi) is 3.15. The first-order chi connectivity index (χ1) is 9.91. The van der Waals surface area contributed by atoms with Crippen LogP contribution in [0.1, 0.15) is 11.3 Å². The summed E-state index contributed by atoms with van der Waals surface area (Å²) in [7, 11) is 0. The van der Waals surface area contributed by atoms with Gasteiger partial charge in [0.25, 0.3) is 5.91 Å². The van der Waals surface area contributed by atoms with Crippen molar-refractivity contribution in [2.24, 2.45) is 0 Å². The average Bonchev–Trinajstić information content (AvgIpc) is 2.84. The molecule has 1 amide bonds. The number of nitrogens with zero attached hydrogens (tertiary/aromatic N) is 1. The third-order valence-corrected chi connectivity index (χ3v) is 3.73. The van der Waals surface area contributed by atoms with Gasteiger partial charge in [0, 0.05) is 41.7 Å². The minimum atomic E-state index is -4.64. The van der Waals surface area contributed by atoms with Crippen molar-refractivity contribution < 1.29 is 22.4 Å². The SMILES string of the molecule is O=C(N1CCc2[nH]c3ccccc3c2C1)C(F)(F)C(F)F. The summed E-state index contributed by atoms with van der Waals surface area (Å²) in [5, 5.41) is 0.824. The smallest absolute Gasteiger partial charge is 0.358 e. The van der Waals surface area contributed by atoms with E-state index < -0.39 is 18.3 Å².